The van der Waals surface area contributed by atoms with E-state index in [9.17, 15) is 27.6 Å². The Bertz CT molecular complexity index is 1870. The average molecular weight is 679 g/mol. The number of carbonyl (C=O) groups is 2. The maximum atomic E-state index is 13.4. The number of fused-ring (bicyclic) bond motifs is 1. The van der Waals surface area contributed by atoms with Crippen LogP contribution in [0, 0.1) is 0 Å². The number of anilines is 1. The van der Waals surface area contributed by atoms with Crippen LogP contribution in [0.3, 0.4) is 0 Å². The molecule has 1 fully saturated rings. The summed E-state index contributed by atoms with van der Waals surface area (Å²) in [4.78, 5) is 56.7. The van der Waals surface area contributed by atoms with Gasteiger partial charge in [0.2, 0.25) is 5.91 Å². The zero-order valence-corrected chi connectivity index (χ0v) is 27.1. The molecule has 0 radical (unpaired) electrons. The number of rotatable bonds is 8. The van der Waals surface area contributed by atoms with Crippen molar-refractivity contribution in [2.75, 3.05) is 44.1 Å². The van der Waals surface area contributed by atoms with Crippen LogP contribution < -0.4 is 21.3 Å². The summed E-state index contributed by atoms with van der Waals surface area (Å²) < 4.78 is 30.9. The second kappa shape index (κ2) is 13.3. The Morgan fingerprint density at radius 2 is 1.78 bits per heavy atom. The summed E-state index contributed by atoms with van der Waals surface area (Å²) >= 11 is 12.6. The lowest BCUT2D eigenvalue weighted by Gasteiger charge is -2.38. The number of sulfone groups is 1. The molecule has 0 bridgehead atoms. The Balaban J connectivity index is 1.33. The molecule has 0 spiro atoms. The van der Waals surface area contributed by atoms with E-state index in [4.69, 9.17) is 27.9 Å². The van der Waals surface area contributed by atoms with E-state index in [1.807, 2.05) is 12.1 Å². The molecule has 0 unspecified atom stereocenters. The van der Waals surface area contributed by atoms with Crippen molar-refractivity contribution < 1.29 is 22.7 Å². The average Bonchev–Trinajstić information content (AvgIpc) is 3.17. The monoisotopic (exact) mass is 677 g/mol. The van der Waals surface area contributed by atoms with E-state index in [1.54, 1.807) is 41.2 Å². The lowest BCUT2D eigenvalue weighted by molar-refractivity contribution is -0.133. The zero-order chi connectivity index (χ0) is 32.5. The number of urea groups is 1. The summed E-state index contributed by atoms with van der Waals surface area (Å²) in [6.07, 6.45) is 4.02. The number of nitrogens with one attached hydrogen (secondary N) is 1. The van der Waals surface area contributed by atoms with E-state index >= 15 is 0 Å². The number of hydrogen-bond donors (Lipinski definition) is 1. The highest BCUT2D eigenvalue weighted by molar-refractivity contribution is 7.90. The highest BCUT2D eigenvalue weighted by Crippen LogP contribution is 2.32. The summed E-state index contributed by atoms with van der Waals surface area (Å²) in [5.74, 6) is -0.0817. The lowest BCUT2D eigenvalue weighted by Crippen LogP contribution is -2.51. The predicted octanol–water partition coefficient (Wildman–Crippen LogP) is 3.12. The number of amides is 3. The molecule has 45 heavy (non-hydrogen) atoms. The minimum Gasteiger partial charge on any atom is -0.497 e. The largest absolute Gasteiger partial charge is 0.497 e. The molecule has 0 saturated carbocycles. The van der Waals surface area contributed by atoms with Gasteiger partial charge in [0.05, 0.1) is 28.5 Å². The van der Waals surface area contributed by atoms with Gasteiger partial charge in [-0.3, -0.25) is 18.7 Å². The van der Waals surface area contributed by atoms with E-state index in [0.717, 1.165) is 32.4 Å². The molecule has 5 rings (SSSR count). The van der Waals surface area contributed by atoms with Gasteiger partial charge in [0.25, 0.3) is 5.56 Å². The zero-order valence-electron chi connectivity index (χ0n) is 24.8. The summed E-state index contributed by atoms with van der Waals surface area (Å²) in [7, 11) is -1.91. The number of piperidine rings is 1. The topological polar surface area (TPSA) is 140 Å². The fraction of sp³-hybridized carbons (Fsp3) is 0.400. The maximum absolute atomic E-state index is 13.4. The molecule has 0 aliphatic carbocycles. The first-order valence-corrected chi connectivity index (χ1v) is 17.2. The molecule has 3 heterocycles. The molecule has 1 N–H and O–H groups in total. The molecule has 12 nitrogen and oxygen atoms in total. The molecule has 0 atom stereocenters. The van der Waals surface area contributed by atoms with Crippen molar-refractivity contribution in [3.8, 4) is 16.9 Å². The molecule has 3 aromatic rings. The molecule has 1 saturated heterocycles. The number of carbonyl (C=O) groups excluding carboxylic acids is 2. The van der Waals surface area contributed by atoms with Gasteiger partial charge in [-0.05, 0) is 49.1 Å². The fourth-order valence-corrected chi connectivity index (χ4v) is 6.61. The van der Waals surface area contributed by atoms with Crippen LogP contribution in [0.15, 0.2) is 52.2 Å². The van der Waals surface area contributed by atoms with Crippen molar-refractivity contribution in [1.82, 2.24) is 18.9 Å². The summed E-state index contributed by atoms with van der Waals surface area (Å²) in [5.41, 5.74) is 0.436. The Kier molecular flexibility index (Phi) is 9.61. The molecule has 2 aliphatic rings. The number of hydrogen-bond acceptors (Lipinski definition) is 7. The van der Waals surface area contributed by atoms with Gasteiger partial charge in [0.15, 0.2) is 0 Å². The van der Waals surface area contributed by atoms with Gasteiger partial charge >= 0.3 is 11.7 Å². The van der Waals surface area contributed by atoms with Gasteiger partial charge in [0.1, 0.15) is 22.1 Å². The van der Waals surface area contributed by atoms with Gasteiger partial charge < -0.3 is 19.9 Å². The molecular weight excluding hydrogens is 645 g/mol. The molecule has 1 aromatic heterocycles. The van der Waals surface area contributed by atoms with Gasteiger partial charge in [-0.1, -0.05) is 35.3 Å². The highest BCUT2D eigenvalue weighted by atomic mass is 35.5. The number of methoxy groups -OCH3 is 1. The van der Waals surface area contributed by atoms with Crippen molar-refractivity contribution in [3.05, 3.63) is 79.0 Å². The van der Waals surface area contributed by atoms with Crippen molar-refractivity contribution in [1.29, 1.82) is 0 Å². The van der Waals surface area contributed by atoms with Crippen molar-refractivity contribution in [3.63, 3.8) is 0 Å². The van der Waals surface area contributed by atoms with Crippen LogP contribution in [0.2, 0.25) is 10.0 Å². The first-order valence-electron chi connectivity index (χ1n) is 14.3. The summed E-state index contributed by atoms with van der Waals surface area (Å²) in [5, 5.41) is 3.26. The van der Waals surface area contributed by atoms with Crippen LogP contribution in [0.1, 0.15) is 18.4 Å². The number of halogens is 2. The van der Waals surface area contributed by atoms with Gasteiger partial charge in [-0.15, -0.1) is 0 Å². The third kappa shape index (κ3) is 7.21. The van der Waals surface area contributed by atoms with Crippen LogP contribution >= 0.6 is 23.2 Å². The lowest BCUT2D eigenvalue weighted by atomic mass is 10.0. The standard InChI is InChI=1S/C30H33Cl2N5O7S/c1-44-21-6-7-25-19(16-21)8-13-36(29(40)33-25)20-9-11-34(12-10-20)26(38)18-35-17-23(22-4-3-5-24(31)27(22)32)28(39)37(30(35)41)14-15-45(2,42)43/h3-7,16-17,20H,8-15,18H2,1-2H3,(H,33,40). The van der Waals surface area contributed by atoms with Crippen molar-refractivity contribution in [2.45, 2.75) is 38.4 Å². The predicted molar refractivity (Wildman–Crippen MR) is 172 cm³/mol. The fourth-order valence-electron chi connectivity index (χ4n) is 5.69. The van der Waals surface area contributed by atoms with Crippen molar-refractivity contribution >= 4 is 50.7 Å². The van der Waals surface area contributed by atoms with E-state index < -0.39 is 33.4 Å². The van der Waals surface area contributed by atoms with Gasteiger partial charge in [0, 0.05) is 55.9 Å². The van der Waals surface area contributed by atoms with Crippen LogP contribution in [0.4, 0.5) is 10.5 Å². The quantitative estimate of drug-likeness (QED) is 0.386. The number of ether oxygens (including phenoxy) is 1. The Morgan fingerprint density at radius 3 is 2.47 bits per heavy atom. The second-order valence-corrected chi connectivity index (χ2v) is 14.2. The molecule has 3 amide bonds. The van der Waals surface area contributed by atoms with E-state index in [-0.39, 0.29) is 45.7 Å². The van der Waals surface area contributed by atoms with E-state index in [0.29, 0.717) is 38.9 Å². The first-order chi connectivity index (χ1) is 21.4. The molecule has 15 heteroatoms. The Labute approximate surface area is 270 Å². The minimum atomic E-state index is -3.51. The van der Waals surface area contributed by atoms with Crippen LogP contribution in [-0.2, 0) is 34.1 Å². The highest BCUT2D eigenvalue weighted by Gasteiger charge is 2.32. The summed E-state index contributed by atoms with van der Waals surface area (Å²) in [6, 6.07) is 9.96. The first kappa shape index (κ1) is 32.6. The number of likely N-dealkylation sites (tertiary alicyclic amines) is 1. The number of aromatic nitrogens is 2. The van der Waals surface area contributed by atoms with Gasteiger partial charge in [-0.25, -0.2) is 18.0 Å². The maximum Gasteiger partial charge on any atom is 0.331 e. The third-order valence-corrected chi connectivity index (χ3v) is 9.91. The number of benzene rings is 2. The van der Waals surface area contributed by atoms with Crippen molar-refractivity contribution in [2.24, 2.45) is 0 Å². The van der Waals surface area contributed by atoms with Gasteiger partial charge in [-0.2, -0.15) is 0 Å². The summed E-state index contributed by atoms with van der Waals surface area (Å²) in [6.45, 7) is 0.475. The van der Waals surface area contributed by atoms with Crippen LogP contribution in [-0.4, -0.2) is 84.1 Å². The second-order valence-electron chi connectivity index (χ2n) is 11.1. The SMILES string of the molecule is COc1ccc2c(c1)CCN(C1CCN(C(=O)Cn3cc(-c4cccc(Cl)c4Cl)c(=O)n(CCS(C)(=O)=O)c3=O)CC1)C(=O)N2. The minimum absolute atomic E-state index is 0.00732. The van der Waals surface area contributed by atoms with E-state index in [1.165, 1.54) is 6.20 Å². The van der Waals surface area contributed by atoms with E-state index in [2.05, 4.69) is 5.32 Å². The molecule has 2 aliphatic heterocycles. The molecule has 240 valence electrons. The normalized spacial score (nSPS) is 15.8. The van der Waals surface area contributed by atoms with Crippen LogP contribution in [0.5, 0.6) is 5.75 Å². The Morgan fingerprint density at radius 1 is 1.04 bits per heavy atom. The van der Waals surface area contributed by atoms with Crippen LogP contribution in [0.25, 0.3) is 11.1 Å². The Hall–Kier alpha value is -3.81. The number of nitrogens with zero attached hydrogens (tertiary/aromatic N) is 4. The molecule has 2 aromatic carbocycles. The molecular formula is C30H33Cl2N5O7S. The third-order valence-electron chi connectivity index (χ3n) is 8.17. The smallest absolute Gasteiger partial charge is 0.331 e.